The van der Waals surface area contributed by atoms with Crippen LogP contribution in [0.5, 0.6) is 0 Å². The van der Waals surface area contributed by atoms with E-state index < -0.39 is 0 Å². The molecule has 1 aliphatic rings. The molecule has 0 amide bonds. The SMILES string of the molecule is Cc1ccc2c(n1)oc1c(-c3cc(CC4CCCC4)cc[n+]3C)c(C)ccc12. The maximum absolute atomic E-state index is 6.30. The van der Waals surface area contributed by atoms with E-state index in [1.807, 2.05) is 6.92 Å². The lowest BCUT2D eigenvalue weighted by Gasteiger charge is -2.10. The summed E-state index contributed by atoms with van der Waals surface area (Å²) in [5.74, 6) is 0.843. The molecule has 0 aliphatic heterocycles. The summed E-state index contributed by atoms with van der Waals surface area (Å²) in [7, 11) is 2.12. The summed E-state index contributed by atoms with van der Waals surface area (Å²) in [5.41, 5.74) is 7.72. The molecule has 5 rings (SSSR count). The van der Waals surface area contributed by atoms with E-state index in [0.29, 0.717) is 0 Å². The molecule has 1 aromatic carbocycles. The van der Waals surface area contributed by atoms with Crippen LogP contribution >= 0.6 is 0 Å². The van der Waals surface area contributed by atoms with Crippen molar-refractivity contribution >= 4 is 22.1 Å². The van der Waals surface area contributed by atoms with Gasteiger partial charge in [0.25, 0.3) is 0 Å². The Balaban J connectivity index is 1.69. The van der Waals surface area contributed by atoms with Crippen LogP contribution in [-0.4, -0.2) is 4.98 Å². The van der Waals surface area contributed by atoms with Crippen LogP contribution in [0.25, 0.3) is 33.3 Å². The Morgan fingerprint density at radius 1 is 1.04 bits per heavy atom. The molecule has 0 spiro atoms. The second kappa shape index (κ2) is 6.73. The normalized spacial score (nSPS) is 15.1. The first-order chi connectivity index (χ1) is 13.6. The Morgan fingerprint density at radius 3 is 2.64 bits per heavy atom. The Labute approximate surface area is 166 Å². The molecule has 28 heavy (non-hydrogen) atoms. The van der Waals surface area contributed by atoms with Gasteiger partial charge in [-0.2, -0.15) is 0 Å². The standard InChI is InChI=1S/C25H27N2O/c1-16-8-10-20-21-11-9-17(2)26-25(21)28-24(20)23(16)22-15-19(12-13-27(22)3)14-18-6-4-5-7-18/h8-13,15,18H,4-7,14H2,1-3H3/q+1. The molecule has 0 unspecified atom stereocenters. The quantitative estimate of drug-likeness (QED) is 0.425. The van der Waals surface area contributed by atoms with Gasteiger partial charge in [-0.05, 0) is 49.4 Å². The molecule has 3 heterocycles. The number of nitrogens with zero attached hydrogens (tertiary/aromatic N) is 2. The molecule has 0 N–H and O–H groups in total. The zero-order valence-electron chi connectivity index (χ0n) is 17.0. The van der Waals surface area contributed by atoms with E-state index in [1.54, 1.807) is 0 Å². The molecular formula is C25H27N2O+. The van der Waals surface area contributed by atoms with Gasteiger partial charge >= 0.3 is 0 Å². The summed E-state index contributed by atoms with van der Waals surface area (Å²) >= 11 is 0. The van der Waals surface area contributed by atoms with Crippen LogP contribution in [0.15, 0.2) is 47.0 Å². The summed E-state index contributed by atoms with van der Waals surface area (Å²) in [6.45, 7) is 4.18. The number of fused-ring (bicyclic) bond motifs is 3. The molecule has 1 saturated carbocycles. The van der Waals surface area contributed by atoms with Gasteiger partial charge < -0.3 is 4.42 Å². The lowest BCUT2D eigenvalue weighted by Crippen LogP contribution is -2.31. The Morgan fingerprint density at radius 2 is 1.82 bits per heavy atom. The van der Waals surface area contributed by atoms with Crippen molar-refractivity contribution in [2.75, 3.05) is 0 Å². The molecule has 1 aliphatic carbocycles. The lowest BCUT2D eigenvalue weighted by molar-refractivity contribution is -0.660. The van der Waals surface area contributed by atoms with Crippen molar-refractivity contribution in [3.63, 3.8) is 0 Å². The van der Waals surface area contributed by atoms with Gasteiger partial charge in [0.05, 0.1) is 5.56 Å². The van der Waals surface area contributed by atoms with Crippen LogP contribution in [0.4, 0.5) is 0 Å². The van der Waals surface area contributed by atoms with Gasteiger partial charge in [0.1, 0.15) is 7.05 Å². The smallest absolute Gasteiger partial charge is 0.227 e. The van der Waals surface area contributed by atoms with E-state index in [1.165, 1.54) is 54.5 Å². The van der Waals surface area contributed by atoms with Crippen LogP contribution in [0.3, 0.4) is 0 Å². The molecule has 142 valence electrons. The van der Waals surface area contributed by atoms with Crippen LogP contribution in [0.2, 0.25) is 0 Å². The fourth-order valence-electron chi connectivity index (χ4n) is 4.77. The van der Waals surface area contributed by atoms with Gasteiger partial charge in [0, 0.05) is 28.6 Å². The average Bonchev–Trinajstić information content (AvgIpc) is 3.30. The third-order valence-electron chi connectivity index (χ3n) is 6.32. The molecule has 0 saturated heterocycles. The molecule has 3 nitrogen and oxygen atoms in total. The minimum absolute atomic E-state index is 0.728. The van der Waals surface area contributed by atoms with E-state index in [4.69, 9.17) is 4.42 Å². The van der Waals surface area contributed by atoms with E-state index >= 15 is 0 Å². The predicted octanol–water partition coefficient (Wildman–Crippen LogP) is 5.82. The fraction of sp³-hybridized carbons (Fsp3) is 0.360. The Kier molecular flexibility index (Phi) is 4.19. The first kappa shape index (κ1) is 17.4. The summed E-state index contributed by atoms with van der Waals surface area (Å²) in [6.07, 6.45) is 8.91. The average molecular weight is 372 g/mol. The lowest BCUT2D eigenvalue weighted by atomic mass is 9.95. The molecule has 1 fully saturated rings. The zero-order valence-corrected chi connectivity index (χ0v) is 17.0. The maximum atomic E-state index is 6.30. The summed E-state index contributed by atoms with van der Waals surface area (Å²) in [6, 6.07) is 13.2. The van der Waals surface area contributed by atoms with Crippen molar-refractivity contribution in [3.05, 3.63) is 59.4 Å². The molecule has 0 bridgehead atoms. The maximum Gasteiger partial charge on any atom is 0.227 e. The predicted molar refractivity (Wildman–Crippen MR) is 113 cm³/mol. The van der Waals surface area contributed by atoms with Crippen molar-refractivity contribution in [3.8, 4) is 11.3 Å². The van der Waals surface area contributed by atoms with Gasteiger partial charge in [-0.3, -0.25) is 0 Å². The fourth-order valence-corrected chi connectivity index (χ4v) is 4.77. The zero-order chi connectivity index (χ0) is 19.3. The van der Waals surface area contributed by atoms with Gasteiger partial charge in [0.2, 0.25) is 11.4 Å². The van der Waals surface area contributed by atoms with Crippen molar-refractivity contribution in [1.82, 2.24) is 4.98 Å². The molecule has 0 radical (unpaired) electrons. The van der Waals surface area contributed by atoms with Crippen molar-refractivity contribution in [2.45, 2.75) is 46.0 Å². The highest BCUT2D eigenvalue weighted by atomic mass is 16.3. The molecule has 3 aromatic heterocycles. The van der Waals surface area contributed by atoms with Crippen molar-refractivity contribution < 1.29 is 8.98 Å². The summed E-state index contributed by atoms with van der Waals surface area (Å²) in [5, 5.41) is 2.23. The third-order valence-corrected chi connectivity index (χ3v) is 6.32. The summed E-state index contributed by atoms with van der Waals surface area (Å²) < 4.78 is 8.52. The number of aromatic nitrogens is 2. The molecule has 4 aromatic rings. The van der Waals surface area contributed by atoms with Gasteiger partial charge in [0.15, 0.2) is 11.8 Å². The number of hydrogen-bond acceptors (Lipinski definition) is 2. The van der Waals surface area contributed by atoms with Gasteiger partial charge in [-0.1, -0.05) is 37.8 Å². The largest absolute Gasteiger partial charge is 0.437 e. The minimum Gasteiger partial charge on any atom is -0.437 e. The second-order valence-corrected chi connectivity index (χ2v) is 8.43. The van der Waals surface area contributed by atoms with Crippen LogP contribution in [0, 0.1) is 19.8 Å². The number of hydrogen-bond donors (Lipinski definition) is 0. The van der Waals surface area contributed by atoms with E-state index in [9.17, 15) is 0 Å². The monoisotopic (exact) mass is 371 g/mol. The first-order valence-electron chi connectivity index (χ1n) is 10.4. The highest BCUT2D eigenvalue weighted by Gasteiger charge is 2.23. The molecular weight excluding hydrogens is 344 g/mol. The number of furan rings is 1. The van der Waals surface area contributed by atoms with Crippen LogP contribution in [-0.2, 0) is 13.5 Å². The highest BCUT2D eigenvalue weighted by molar-refractivity contribution is 6.08. The van der Waals surface area contributed by atoms with Crippen LogP contribution in [0.1, 0.15) is 42.5 Å². The first-order valence-corrected chi connectivity index (χ1v) is 10.4. The Bertz CT molecular complexity index is 1180. The van der Waals surface area contributed by atoms with Gasteiger partial charge in [-0.25, -0.2) is 9.55 Å². The van der Waals surface area contributed by atoms with Gasteiger partial charge in [-0.15, -0.1) is 0 Å². The Hall–Kier alpha value is -2.68. The molecule has 3 heteroatoms. The number of aryl methyl sites for hydroxylation is 3. The van der Waals surface area contributed by atoms with E-state index in [2.05, 4.69) is 66.1 Å². The number of pyridine rings is 2. The highest BCUT2D eigenvalue weighted by Crippen LogP contribution is 2.37. The summed E-state index contributed by atoms with van der Waals surface area (Å²) in [4.78, 5) is 4.61. The number of benzene rings is 1. The molecule has 0 atom stereocenters. The second-order valence-electron chi connectivity index (χ2n) is 8.43. The van der Waals surface area contributed by atoms with Crippen molar-refractivity contribution in [2.24, 2.45) is 13.0 Å². The van der Waals surface area contributed by atoms with Crippen LogP contribution < -0.4 is 4.57 Å². The van der Waals surface area contributed by atoms with E-state index in [0.717, 1.165) is 33.7 Å². The topological polar surface area (TPSA) is 29.9 Å². The minimum atomic E-state index is 0.728. The van der Waals surface area contributed by atoms with E-state index in [-0.39, 0.29) is 0 Å². The third kappa shape index (κ3) is 2.90. The number of rotatable bonds is 3. The van der Waals surface area contributed by atoms with Crippen molar-refractivity contribution in [1.29, 1.82) is 0 Å².